The van der Waals surface area contributed by atoms with Gasteiger partial charge in [-0.25, -0.2) is 0 Å². The molecule has 0 aliphatic carbocycles. The van der Waals surface area contributed by atoms with Crippen molar-refractivity contribution in [2.45, 2.75) is 58.7 Å². The van der Waals surface area contributed by atoms with E-state index in [1.165, 1.54) is 0 Å². The number of hydrogen-bond donors (Lipinski definition) is 1. The number of nitrogens with one attached hydrogen (secondary N) is 1. The Morgan fingerprint density at radius 1 is 1.00 bits per heavy atom. The summed E-state index contributed by atoms with van der Waals surface area (Å²) in [6, 6.07) is 17.5. The summed E-state index contributed by atoms with van der Waals surface area (Å²) in [7, 11) is 0. The van der Waals surface area contributed by atoms with Crippen molar-refractivity contribution >= 4 is 11.6 Å². The third kappa shape index (κ3) is 6.72. The molecular formula is C23H31NO3. The summed E-state index contributed by atoms with van der Waals surface area (Å²) >= 11 is 0. The molecule has 4 nitrogen and oxygen atoms in total. The minimum atomic E-state index is -0.799. The average molecular weight is 370 g/mol. The molecule has 1 atom stereocenters. The normalized spacial score (nSPS) is 13.0. The number of unbranched alkanes of at least 4 members (excludes halogenated alkanes) is 2. The second kappa shape index (κ2) is 10.7. The standard InChI is InChI=1S/C23H31NO3/c1-4-6-10-17-23(3,27-5-2)22(25)24-20-13-15-21(16-14-20)26-18-19-11-8-7-9-12-19/h7-9,11-16H,4-6,10,17-18H2,1-3H3,(H,24,25)/t23-/m0/s1. The Morgan fingerprint density at radius 2 is 1.70 bits per heavy atom. The molecule has 0 aromatic heterocycles. The van der Waals surface area contributed by atoms with Gasteiger partial charge in [-0.05, 0) is 50.1 Å². The summed E-state index contributed by atoms with van der Waals surface area (Å²) in [6.07, 6.45) is 3.92. The maximum Gasteiger partial charge on any atom is 0.256 e. The molecule has 0 bridgehead atoms. The first-order valence-electron chi connectivity index (χ1n) is 9.79. The molecule has 1 N–H and O–H groups in total. The van der Waals surface area contributed by atoms with E-state index >= 15 is 0 Å². The van der Waals surface area contributed by atoms with Crippen LogP contribution in [0.4, 0.5) is 5.69 Å². The zero-order valence-electron chi connectivity index (χ0n) is 16.7. The van der Waals surface area contributed by atoms with Gasteiger partial charge in [-0.15, -0.1) is 0 Å². The molecule has 0 radical (unpaired) electrons. The van der Waals surface area contributed by atoms with E-state index in [-0.39, 0.29) is 5.91 Å². The van der Waals surface area contributed by atoms with Gasteiger partial charge in [0.25, 0.3) is 5.91 Å². The first-order chi connectivity index (χ1) is 13.1. The molecule has 1 amide bonds. The van der Waals surface area contributed by atoms with Crippen LogP contribution < -0.4 is 10.1 Å². The lowest BCUT2D eigenvalue weighted by molar-refractivity contribution is -0.139. The number of benzene rings is 2. The second-order valence-electron chi connectivity index (χ2n) is 6.87. The average Bonchev–Trinajstić information content (AvgIpc) is 2.68. The van der Waals surface area contributed by atoms with E-state index in [1.807, 2.05) is 68.4 Å². The van der Waals surface area contributed by atoms with Gasteiger partial charge >= 0.3 is 0 Å². The van der Waals surface area contributed by atoms with Crippen molar-refractivity contribution in [1.82, 2.24) is 0 Å². The summed E-state index contributed by atoms with van der Waals surface area (Å²) in [5, 5.41) is 2.98. The van der Waals surface area contributed by atoms with Crippen molar-refractivity contribution in [2.24, 2.45) is 0 Å². The SMILES string of the molecule is CCCCC[C@](C)(OCC)C(=O)Nc1ccc(OCc2ccccc2)cc1. The first kappa shape index (κ1) is 21.0. The van der Waals surface area contributed by atoms with E-state index < -0.39 is 5.60 Å². The fourth-order valence-corrected chi connectivity index (χ4v) is 2.92. The van der Waals surface area contributed by atoms with Crippen LogP contribution >= 0.6 is 0 Å². The molecule has 0 saturated carbocycles. The molecule has 0 heterocycles. The second-order valence-corrected chi connectivity index (χ2v) is 6.87. The number of carbonyl (C=O) groups excluding carboxylic acids is 1. The van der Waals surface area contributed by atoms with Crippen molar-refractivity contribution in [3.63, 3.8) is 0 Å². The zero-order chi connectivity index (χ0) is 19.5. The molecule has 146 valence electrons. The summed E-state index contributed by atoms with van der Waals surface area (Å²) in [5.74, 6) is 0.672. The van der Waals surface area contributed by atoms with Gasteiger partial charge in [-0.1, -0.05) is 56.5 Å². The number of carbonyl (C=O) groups is 1. The number of hydrogen-bond acceptors (Lipinski definition) is 3. The smallest absolute Gasteiger partial charge is 0.256 e. The lowest BCUT2D eigenvalue weighted by Gasteiger charge is -2.28. The minimum Gasteiger partial charge on any atom is -0.489 e. The largest absolute Gasteiger partial charge is 0.489 e. The topological polar surface area (TPSA) is 47.6 Å². The number of anilines is 1. The van der Waals surface area contributed by atoms with E-state index in [0.717, 1.165) is 42.7 Å². The highest BCUT2D eigenvalue weighted by molar-refractivity contribution is 5.97. The van der Waals surface area contributed by atoms with Gasteiger partial charge in [-0.2, -0.15) is 0 Å². The lowest BCUT2D eigenvalue weighted by atomic mass is 9.96. The Labute approximate surface area is 162 Å². The van der Waals surface area contributed by atoms with Gasteiger partial charge in [0.15, 0.2) is 0 Å². The van der Waals surface area contributed by atoms with E-state index in [4.69, 9.17) is 9.47 Å². The van der Waals surface area contributed by atoms with Gasteiger partial charge < -0.3 is 14.8 Å². The van der Waals surface area contributed by atoms with Crippen LogP contribution in [0.25, 0.3) is 0 Å². The monoisotopic (exact) mass is 369 g/mol. The van der Waals surface area contributed by atoms with Crippen LogP contribution in [0.15, 0.2) is 54.6 Å². The van der Waals surface area contributed by atoms with Crippen molar-refractivity contribution in [3.8, 4) is 5.75 Å². The molecule has 0 fully saturated rings. The summed E-state index contributed by atoms with van der Waals surface area (Å²) in [4.78, 5) is 12.7. The van der Waals surface area contributed by atoms with Crippen molar-refractivity contribution in [3.05, 3.63) is 60.2 Å². The van der Waals surface area contributed by atoms with Crippen LogP contribution in [0, 0.1) is 0 Å². The third-order valence-corrected chi connectivity index (χ3v) is 4.56. The van der Waals surface area contributed by atoms with Crippen LogP contribution in [0.5, 0.6) is 5.75 Å². The van der Waals surface area contributed by atoms with Gasteiger partial charge in [0, 0.05) is 12.3 Å². The molecule has 0 aliphatic heterocycles. The Bertz CT molecular complexity index is 685. The molecule has 0 aliphatic rings. The molecule has 2 rings (SSSR count). The van der Waals surface area contributed by atoms with Crippen LogP contribution in [0.1, 0.15) is 52.0 Å². The quantitative estimate of drug-likeness (QED) is 0.526. The molecular weight excluding hydrogens is 338 g/mol. The number of rotatable bonds is 11. The number of amides is 1. The van der Waals surface area contributed by atoms with Crippen molar-refractivity contribution in [2.75, 3.05) is 11.9 Å². The molecule has 4 heteroatoms. The van der Waals surface area contributed by atoms with Crippen LogP contribution in [0.3, 0.4) is 0 Å². The molecule has 0 saturated heterocycles. The van der Waals surface area contributed by atoms with E-state index in [9.17, 15) is 4.79 Å². The molecule has 0 spiro atoms. The Morgan fingerprint density at radius 3 is 2.33 bits per heavy atom. The Kier molecular flexibility index (Phi) is 8.34. The predicted octanol–water partition coefficient (Wildman–Crippen LogP) is 5.58. The number of ether oxygens (including phenoxy) is 2. The summed E-state index contributed by atoms with van der Waals surface area (Å²) in [5.41, 5.74) is 1.06. The first-order valence-corrected chi connectivity index (χ1v) is 9.79. The maximum atomic E-state index is 12.7. The predicted molar refractivity (Wildman–Crippen MR) is 110 cm³/mol. The highest BCUT2D eigenvalue weighted by atomic mass is 16.5. The summed E-state index contributed by atoms with van der Waals surface area (Å²) in [6.45, 7) is 6.98. The Balaban J connectivity index is 1.92. The highest BCUT2D eigenvalue weighted by Gasteiger charge is 2.33. The minimum absolute atomic E-state index is 0.0987. The third-order valence-electron chi connectivity index (χ3n) is 4.56. The van der Waals surface area contributed by atoms with E-state index in [2.05, 4.69) is 12.2 Å². The summed E-state index contributed by atoms with van der Waals surface area (Å²) < 4.78 is 11.6. The van der Waals surface area contributed by atoms with Crippen LogP contribution in [0.2, 0.25) is 0 Å². The van der Waals surface area contributed by atoms with Crippen LogP contribution in [-0.2, 0) is 16.1 Å². The van der Waals surface area contributed by atoms with Crippen LogP contribution in [-0.4, -0.2) is 18.1 Å². The van der Waals surface area contributed by atoms with E-state index in [0.29, 0.717) is 13.2 Å². The molecule has 27 heavy (non-hydrogen) atoms. The maximum absolute atomic E-state index is 12.7. The fraction of sp³-hybridized carbons (Fsp3) is 0.435. The van der Waals surface area contributed by atoms with Gasteiger partial charge in [-0.3, -0.25) is 4.79 Å². The Hall–Kier alpha value is -2.33. The fourth-order valence-electron chi connectivity index (χ4n) is 2.92. The van der Waals surface area contributed by atoms with Gasteiger partial charge in [0.2, 0.25) is 0 Å². The van der Waals surface area contributed by atoms with Crippen molar-refractivity contribution < 1.29 is 14.3 Å². The van der Waals surface area contributed by atoms with E-state index in [1.54, 1.807) is 0 Å². The molecule has 2 aromatic carbocycles. The lowest BCUT2D eigenvalue weighted by Crippen LogP contribution is -2.42. The van der Waals surface area contributed by atoms with Crippen molar-refractivity contribution in [1.29, 1.82) is 0 Å². The molecule has 2 aromatic rings. The van der Waals surface area contributed by atoms with Gasteiger partial charge in [0.05, 0.1) is 0 Å². The highest BCUT2D eigenvalue weighted by Crippen LogP contribution is 2.23. The van der Waals surface area contributed by atoms with Gasteiger partial charge in [0.1, 0.15) is 18.0 Å². The zero-order valence-corrected chi connectivity index (χ0v) is 16.7. The molecule has 0 unspecified atom stereocenters.